The van der Waals surface area contributed by atoms with E-state index in [2.05, 4.69) is 41.5 Å². The summed E-state index contributed by atoms with van der Waals surface area (Å²) < 4.78 is 41.9. The van der Waals surface area contributed by atoms with E-state index in [1.165, 1.54) is 12.1 Å². The first-order valence-corrected chi connectivity index (χ1v) is 14.5. The molecule has 2 fully saturated rings. The third-order valence-electron chi connectivity index (χ3n) is 7.97. The molecule has 0 amide bonds. The first-order chi connectivity index (χ1) is 15.5. The molecule has 3 rings (SSSR count). The van der Waals surface area contributed by atoms with Gasteiger partial charge in [-0.1, -0.05) is 72.6 Å². The second-order valence-electron chi connectivity index (χ2n) is 11.4. The lowest BCUT2D eigenvalue weighted by atomic mass is 9.75. The maximum absolute atomic E-state index is 14.7. The van der Waals surface area contributed by atoms with Crippen LogP contribution in [0.15, 0.2) is 24.3 Å². The van der Waals surface area contributed by atoms with E-state index in [1.54, 1.807) is 12.1 Å². The third kappa shape index (κ3) is 6.48. The SMILES string of the molecule is CC1CCC(C(C)C)C(OP(=O)(OC2CC(C)CCC2C(C)C)C(O)c2ccccc2F)C1. The molecule has 7 unspecified atom stereocenters. The lowest BCUT2D eigenvalue weighted by Crippen LogP contribution is -2.37. The summed E-state index contributed by atoms with van der Waals surface area (Å²) in [6, 6.07) is 5.97. The predicted octanol–water partition coefficient (Wildman–Crippen LogP) is 7.96. The second kappa shape index (κ2) is 11.3. The second-order valence-corrected chi connectivity index (χ2v) is 13.4. The van der Waals surface area contributed by atoms with Gasteiger partial charge in [-0.15, -0.1) is 0 Å². The monoisotopic (exact) mass is 482 g/mol. The van der Waals surface area contributed by atoms with Crippen LogP contribution in [-0.4, -0.2) is 17.3 Å². The van der Waals surface area contributed by atoms with Gasteiger partial charge in [-0.2, -0.15) is 0 Å². The Labute approximate surface area is 200 Å². The van der Waals surface area contributed by atoms with E-state index >= 15 is 0 Å². The molecule has 0 aromatic heterocycles. The van der Waals surface area contributed by atoms with Crippen LogP contribution in [0.3, 0.4) is 0 Å². The Morgan fingerprint density at radius 3 is 1.76 bits per heavy atom. The number of aliphatic hydroxyl groups excluding tert-OH is 1. The third-order valence-corrected chi connectivity index (χ3v) is 9.98. The molecule has 2 saturated carbocycles. The van der Waals surface area contributed by atoms with Gasteiger partial charge < -0.3 is 14.2 Å². The average molecular weight is 483 g/mol. The maximum atomic E-state index is 14.7. The Kier molecular flexibility index (Phi) is 9.22. The number of hydrogen-bond acceptors (Lipinski definition) is 4. The van der Waals surface area contributed by atoms with Gasteiger partial charge in [0.25, 0.3) is 0 Å². The van der Waals surface area contributed by atoms with E-state index in [4.69, 9.17) is 9.05 Å². The summed E-state index contributed by atoms with van der Waals surface area (Å²) in [5, 5.41) is 11.3. The molecule has 188 valence electrons. The Balaban J connectivity index is 1.96. The largest absolute Gasteiger partial charge is 0.376 e. The Hall–Kier alpha value is -0.740. The zero-order valence-electron chi connectivity index (χ0n) is 21.2. The topological polar surface area (TPSA) is 55.8 Å². The van der Waals surface area contributed by atoms with Gasteiger partial charge in [0.15, 0.2) is 5.85 Å². The van der Waals surface area contributed by atoms with Crippen LogP contribution in [0.1, 0.15) is 91.5 Å². The minimum absolute atomic E-state index is 0.0178. The highest BCUT2D eigenvalue weighted by atomic mass is 31.2. The molecule has 0 heterocycles. The molecule has 0 aliphatic heterocycles. The van der Waals surface area contributed by atoms with Crippen LogP contribution in [0.2, 0.25) is 0 Å². The maximum Gasteiger partial charge on any atom is 0.364 e. The normalized spacial score (nSPS) is 33.8. The highest BCUT2D eigenvalue weighted by Crippen LogP contribution is 2.64. The molecule has 33 heavy (non-hydrogen) atoms. The molecular formula is C27H44FO4P. The van der Waals surface area contributed by atoms with E-state index in [9.17, 15) is 14.1 Å². The molecule has 1 aromatic carbocycles. The van der Waals surface area contributed by atoms with Gasteiger partial charge in [-0.3, -0.25) is 4.57 Å². The van der Waals surface area contributed by atoms with E-state index in [0.29, 0.717) is 23.7 Å². The van der Waals surface area contributed by atoms with Crippen molar-refractivity contribution in [3.63, 3.8) is 0 Å². The van der Waals surface area contributed by atoms with Gasteiger partial charge in [0.05, 0.1) is 12.2 Å². The van der Waals surface area contributed by atoms with Crippen LogP contribution in [0.5, 0.6) is 0 Å². The molecule has 0 spiro atoms. The molecule has 1 aromatic rings. The zero-order chi connectivity index (χ0) is 24.3. The summed E-state index contributed by atoms with van der Waals surface area (Å²) in [4.78, 5) is 0. The fourth-order valence-corrected chi connectivity index (χ4v) is 7.91. The van der Waals surface area contributed by atoms with Crippen molar-refractivity contribution in [1.82, 2.24) is 0 Å². The molecule has 6 heteroatoms. The Bertz CT molecular complexity index is 775. The Morgan fingerprint density at radius 2 is 1.33 bits per heavy atom. The smallest absolute Gasteiger partial charge is 0.364 e. The quantitative estimate of drug-likeness (QED) is 0.382. The van der Waals surface area contributed by atoms with Crippen molar-refractivity contribution >= 4 is 7.60 Å². The van der Waals surface area contributed by atoms with E-state index in [0.717, 1.165) is 38.5 Å². The molecule has 0 radical (unpaired) electrons. The summed E-state index contributed by atoms with van der Waals surface area (Å²) in [6.07, 6.45) is 5.20. The highest BCUT2D eigenvalue weighted by Gasteiger charge is 2.47. The van der Waals surface area contributed by atoms with Crippen molar-refractivity contribution in [2.24, 2.45) is 35.5 Å². The van der Waals surface area contributed by atoms with E-state index in [1.807, 2.05) is 0 Å². The lowest BCUT2D eigenvalue weighted by Gasteiger charge is -2.42. The summed E-state index contributed by atoms with van der Waals surface area (Å²) in [6.45, 7) is 13.0. The summed E-state index contributed by atoms with van der Waals surface area (Å²) >= 11 is 0. The summed E-state index contributed by atoms with van der Waals surface area (Å²) in [5.41, 5.74) is -0.0178. The number of benzene rings is 1. The van der Waals surface area contributed by atoms with Crippen LogP contribution in [0.4, 0.5) is 4.39 Å². The molecule has 4 nitrogen and oxygen atoms in total. The van der Waals surface area contributed by atoms with Crippen molar-refractivity contribution in [2.45, 2.75) is 98.1 Å². The van der Waals surface area contributed by atoms with Crippen molar-refractivity contribution in [3.05, 3.63) is 35.6 Å². The van der Waals surface area contributed by atoms with Gasteiger partial charge in [0, 0.05) is 5.56 Å². The van der Waals surface area contributed by atoms with Crippen LogP contribution in [0.25, 0.3) is 0 Å². The van der Waals surface area contributed by atoms with Gasteiger partial charge >= 0.3 is 7.60 Å². The molecule has 7 atom stereocenters. The first-order valence-electron chi connectivity index (χ1n) is 12.9. The van der Waals surface area contributed by atoms with E-state index in [-0.39, 0.29) is 29.6 Å². The number of hydrogen-bond donors (Lipinski definition) is 1. The highest BCUT2D eigenvalue weighted by molar-refractivity contribution is 7.54. The predicted molar refractivity (Wildman–Crippen MR) is 131 cm³/mol. The fourth-order valence-electron chi connectivity index (χ4n) is 5.84. The van der Waals surface area contributed by atoms with Gasteiger partial charge in [0.2, 0.25) is 0 Å². The van der Waals surface area contributed by atoms with Crippen LogP contribution in [-0.2, 0) is 13.6 Å². The summed E-state index contributed by atoms with van der Waals surface area (Å²) in [7, 11) is -4.09. The molecule has 2 aliphatic carbocycles. The fraction of sp³-hybridized carbons (Fsp3) is 0.778. The molecule has 2 aliphatic rings. The molecule has 0 saturated heterocycles. The van der Waals surface area contributed by atoms with Crippen molar-refractivity contribution < 1.29 is 23.1 Å². The number of aliphatic hydroxyl groups is 1. The van der Waals surface area contributed by atoms with Crippen molar-refractivity contribution in [3.8, 4) is 0 Å². The lowest BCUT2D eigenvalue weighted by molar-refractivity contribution is -0.0156. The number of halogens is 1. The van der Waals surface area contributed by atoms with Gasteiger partial charge in [0.1, 0.15) is 5.82 Å². The van der Waals surface area contributed by atoms with Gasteiger partial charge in [-0.25, -0.2) is 4.39 Å². The minimum Gasteiger partial charge on any atom is -0.376 e. The van der Waals surface area contributed by atoms with Crippen molar-refractivity contribution in [2.75, 3.05) is 0 Å². The minimum atomic E-state index is -4.09. The zero-order valence-corrected chi connectivity index (χ0v) is 22.1. The van der Waals surface area contributed by atoms with Crippen molar-refractivity contribution in [1.29, 1.82) is 0 Å². The van der Waals surface area contributed by atoms with Crippen LogP contribution in [0, 0.1) is 41.3 Å². The van der Waals surface area contributed by atoms with Gasteiger partial charge in [-0.05, 0) is 67.3 Å². The molecule has 0 bridgehead atoms. The average Bonchev–Trinajstić information content (AvgIpc) is 2.73. The Morgan fingerprint density at radius 1 is 0.879 bits per heavy atom. The molecule has 1 N–H and O–H groups in total. The number of rotatable bonds is 8. The molecular weight excluding hydrogens is 438 g/mol. The van der Waals surface area contributed by atoms with Crippen LogP contribution >= 0.6 is 7.60 Å². The van der Waals surface area contributed by atoms with E-state index < -0.39 is 19.3 Å². The standard InChI is InChI=1S/C27H44FO4P/c1-17(2)21-13-11-19(5)15-25(21)31-33(30,27(29)23-9-7-8-10-24(23)28)32-26-16-20(6)12-14-22(26)18(3)4/h7-10,17-22,25-27,29H,11-16H2,1-6H3. The first kappa shape index (κ1) is 26.9. The van der Waals surface area contributed by atoms with Crippen LogP contribution < -0.4 is 0 Å². The summed E-state index contributed by atoms with van der Waals surface area (Å²) in [5.74, 6) is -0.154.